The lowest BCUT2D eigenvalue weighted by Crippen LogP contribution is -2.41. The number of hydrogen-bond donors (Lipinski definition) is 1. The molecular weight excluding hydrogens is 323 g/mol. The third-order valence-corrected chi connectivity index (χ3v) is 4.09. The van der Waals surface area contributed by atoms with Crippen molar-refractivity contribution in [1.82, 2.24) is 5.32 Å². The van der Waals surface area contributed by atoms with E-state index in [1.165, 1.54) is 11.3 Å². The molecule has 1 N–H and O–H groups in total. The van der Waals surface area contributed by atoms with Gasteiger partial charge in [-0.05, 0) is 10.9 Å². The van der Waals surface area contributed by atoms with Gasteiger partial charge in [-0.3, -0.25) is 9.59 Å². The van der Waals surface area contributed by atoms with Crippen LogP contribution in [0.1, 0.15) is 22.0 Å². The quantitative estimate of drug-likeness (QED) is 0.805. The molecule has 3 nitrogen and oxygen atoms in total. The molecule has 0 radical (unpaired) electrons. The molecule has 1 aliphatic carbocycles. The van der Waals surface area contributed by atoms with Crippen LogP contribution in [-0.2, 0) is 4.79 Å². The van der Waals surface area contributed by atoms with Crippen molar-refractivity contribution in [3.8, 4) is 0 Å². The number of alkyl halides is 4. The number of rotatable bonds is 1. The Hall–Kier alpha value is -0.890. The normalized spacial score (nSPS) is 23.6. The Morgan fingerprint density at radius 3 is 2.65 bits per heavy atom. The van der Waals surface area contributed by atoms with Crippen LogP contribution in [0.2, 0.25) is 0 Å². The van der Waals surface area contributed by atoms with Gasteiger partial charge in [0.05, 0.1) is 6.04 Å². The fraction of sp³-hybridized carbons (Fsp3) is 0.333. The van der Waals surface area contributed by atoms with Crippen molar-refractivity contribution >= 4 is 39.0 Å². The lowest BCUT2D eigenvalue weighted by molar-refractivity contribution is -0.174. The number of ketones is 1. The fourth-order valence-electron chi connectivity index (χ4n) is 1.58. The molecule has 0 saturated heterocycles. The Morgan fingerprint density at radius 2 is 2.06 bits per heavy atom. The van der Waals surface area contributed by atoms with Gasteiger partial charge in [0.25, 0.3) is 0 Å². The maximum Gasteiger partial charge on any atom is 0.471 e. The Balaban J connectivity index is 2.24. The average molecular weight is 328 g/mol. The molecule has 1 heterocycles. The van der Waals surface area contributed by atoms with Crippen LogP contribution in [0.15, 0.2) is 10.8 Å². The molecule has 1 amide bonds. The van der Waals surface area contributed by atoms with Gasteiger partial charge in [0.1, 0.15) is 4.83 Å². The lowest BCUT2D eigenvalue weighted by atomic mass is 10.2. The van der Waals surface area contributed by atoms with Gasteiger partial charge in [-0.2, -0.15) is 24.5 Å². The summed E-state index contributed by atoms with van der Waals surface area (Å²) < 4.78 is 36.4. The topological polar surface area (TPSA) is 46.2 Å². The summed E-state index contributed by atoms with van der Waals surface area (Å²) in [6.45, 7) is 0. The monoisotopic (exact) mass is 327 g/mol. The Labute approximate surface area is 106 Å². The van der Waals surface area contributed by atoms with E-state index in [0.717, 1.165) is 0 Å². The summed E-state index contributed by atoms with van der Waals surface area (Å²) in [4.78, 5) is 21.6. The number of nitrogens with one attached hydrogen (secondary N) is 1. The fourth-order valence-corrected chi connectivity index (χ4v) is 3.12. The molecule has 2 rings (SSSR count). The molecule has 1 aromatic heterocycles. The predicted octanol–water partition coefficient (Wildman–Crippen LogP) is 2.43. The molecule has 0 fully saturated rings. The summed E-state index contributed by atoms with van der Waals surface area (Å²) in [6.07, 6.45) is -4.95. The number of thiophene rings is 1. The third kappa shape index (κ3) is 2.11. The van der Waals surface area contributed by atoms with Crippen LogP contribution < -0.4 is 5.32 Å². The summed E-state index contributed by atoms with van der Waals surface area (Å²) in [5.41, 5.74) is 0.795. The van der Waals surface area contributed by atoms with Gasteiger partial charge in [0, 0.05) is 10.9 Å². The van der Waals surface area contributed by atoms with Crippen molar-refractivity contribution < 1.29 is 22.8 Å². The van der Waals surface area contributed by atoms with Crippen molar-refractivity contribution in [3.05, 3.63) is 21.9 Å². The largest absolute Gasteiger partial charge is 0.471 e. The highest BCUT2D eigenvalue weighted by Gasteiger charge is 2.45. The highest BCUT2D eigenvalue weighted by Crippen LogP contribution is 2.38. The minimum absolute atomic E-state index is 0.311. The van der Waals surface area contributed by atoms with Crippen molar-refractivity contribution in [3.63, 3.8) is 0 Å². The van der Waals surface area contributed by atoms with E-state index in [-0.39, 0.29) is 5.78 Å². The number of halogens is 4. The van der Waals surface area contributed by atoms with Crippen LogP contribution in [-0.4, -0.2) is 22.7 Å². The zero-order chi connectivity index (χ0) is 12.8. The van der Waals surface area contributed by atoms with E-state index in [2.05, 4.69) is 15.9 Å². The van der Waals surface area contributed by atoms with Gasteiger partial charge in [-0.1, -0.05) is 15.9 Å². The molecule has 0 bridgehead atoms. The molecule has 1 aliphatic rings. The van der Waals surface area contributed by atoms with Crippen LogP contribution in [0.25, 0.3) is 0 Å². The summed E-state index contributed by atoms with van der Waals surface area (Å²) in [5, 5.41) is 4.94. The Bertz CT molecular complexity index is 485. The van der Waals surface area contributed by atoms with Crippen LogP contribution >= 0.6 is 27.3 Å². The molecule has 1 aromatic rings. The number of carbonyl (C=O) groups excluding carboxylic acids is 2. The van der Waals surface area contributed by atoms with Crippen LogP contribution in [0, 0.1) is 0 Å². The lowest BCUT2D eigenvalue weighted by Gasteiger charge is -2.17. The molecule has 17 heavy (non-hydrogen) atoms. The third-order valence-electron chi connectivity index (χ3n) is 2.38. The summed E-state index contributed by atoms with van der Waals surface area (Å²) in [7, 11) is 0. The molecule has 0 aliphatic heterocycles. The van der Waals surface area contributed by atoms with Crippen LogP contribution in [0.3, 0.4) is 0 Å². The average Bonchev–Trinajstić information content (AvgIpc) is 2.76. The predicted molar refractivity (Wildman–Crippen MR) is 58.3 cm³/mol. The van der Waals surface area contributed by atoms with E-state index >= 15 is 0 Å². The maximum atomic E-state index is 12.1. The summed E-state index contributed by atoms with van der Waals surface area (Å²) >= 11 is 4.21. The minimum Gasteiger partial charge on any atom is -0.340 e. The summed E-state index contributed by atoms with van der Waals surface area (Å²) in [5.74, 6) is -2.35. The number of fused-ring (bicyclic) bond motifs is 1. The standard InChI is InChI=1S/C9H5BrF3NO2S/c10-5-6(14-8(16)9(11,12)13)3-1-17-2-4(3)7(5)15/h1-2,5-6H,(H,14,16)/t5-,6+/m0/s1. The maximum absolute atomic E-state index is 12.1. The molecule has 0 unspecified atom stereocenters. The Morgan fingerprint density at radius 1 is 1.41 bits per heavy atom. The smallest absolute Gasteiger partial charge is 0.340 e. The van der Waals surface area contributed by atoms with Crippen molar-refractivity contribution in [2.24, 2.45) is 0 Å². The second-order valence-corrected chi connectivity index (χ2v) is 5.19. The number of carbonyl (C=O) groups is 2. The first-order valence-corrected chi connectivity index (χ1v) is 6.30. The van der Waals surface area contributed by atoms with Gasteiger partial charge >= 0.3 is 12.1 Å². The van der Waals surface area contributed by atoms with Crippen LogP contribution in [0.5, 0.6) is 0 Å². The van der Waals surface area contributed by atoms with Crippen molar-refractivity contribution in [2.75, 3.05) is 0 Å². The highest BCUT2D eigenvalue weighted by atomic mass is 79.9. The van der Waals surface area contributed by atoms with E-state index in [1.54, 1.807) is 10.8 Å². The first kappa shape index (κ1) is 12.6. The molecule has 0 aromatic carbocycles. The van der Waals surface area contributed by atoms with Gasteiger partial charge in [0.2, 0.25) is 0 Å². The second kappa shape index (κ2) is 4.09. The second-order valence-electron chi connectivity index (χ2n) is 3.46. The summed E-state index contributed by atoms with van der Waals surface area (Å²) in [6, 6.07) is -0.960. The van der Waals surface area contributed by atoms with E-state index < -0.39 is 23.0 Å². The minimum atomic E-state index is -4.95. The van der Waals surface area contributed by atoms with Crippen LogP contribution in [0.4, 0.5) is 13.2 Å². The highest BCUT2D eigenvalue weighted by molar-refractivity contribution is 9.10. The molecule has 92 valence electrons. The zero-order valence-corrected chi connectivity index (χ0v) is 10.4. The van der Waals surface area contributed by atoms with Gasteiger partial charge < -0.3 is 5.32 Å². The molecule has 2 atom stereocenters. The first-order valence-electron chi connectivity index (χ1n) is 4.44. The van der Waals surface area contributed by atoms with E-state index in [0.29, 0.717) is 11.1 Å². The number of Topliss-reactive ketones (excluding diaryl/α,β-unsaturated/α-hetero) is 1. The first-order chi connectivity index (χ1) is 7.82. The SMILES string of the molecule is O=C1c2cscc2[C@@H](NC(=O)C(F)(F)F)[C@@H]1Br. The van der Waals surface area contributed by atoms with Gasteiger partial charge in [-0.25, -0.2) is 0 Å². The number of hydrogen-bond acceptors (Lipinski definition) is 3. The molecule has 0 spiro atoms. The van der Waals surface area contributed by atoms with Gasteiger partial charge in [-0.15, -0.1) is 0 Å². The molecule has 0 saturated carbocycles. The number of amides is 1. The van der Waals surface area contributed by atoms with Crippen molar-refractivity contribution in [2.45, 2.75) is 17.0 Å². The zero-order valence-electron chi connectivity index (χ0n) is 8.05. The Kier molecular flexibility index (Phi) is 3.03. The van der Waals surface area contributed by atoms with Gasteiger partial charge in [0.15, 0.2) is 5.78 Å². The van der Waals surface area contributed by atoms with Crippen molar-refractivity contribution in [1.29, 1.82) is 0 Å². The van der Waals surface area contributed by atoms with E-state index in [9.17, 15) is 22.8 Å². The van der Waals surface area contributed by atoms with E-state index in [4.69, 9.17) is 0 Å². The molecular formula is C9H5BrF3NO2S. The molecule has 8 heteroatoms. The van der Waals surface area contributed by atoms with E-state index in [1.807, 2.05) is 5.32 Å².